The maximum absolute atomic E-state index is 13.0. The summed E-state index contributed by atoms with van der Waals surface area (Å²) >= 11 is 6.44. The van der Waals surface area contributed by atoms with Gasteiger partial charge in [-0.15, -0.1) is 0 Å². The average Bonchev–Trinajstić information content (AvgIpc) is 3.18. The van der Waals surface area contributed by atoms with Gasteiger partial charge in [-0.25, -0.2) is 8.42 Å². The monoisotopic (exact) mass is 408 g/mol. The van der Waals surface area contributed by atoms with E-state index in [0.29, 0.717) is 27.8 Å². The topological polar surface area (TPSA) is 74.8 Å². The molecule has 0 saturated carbocycles. The SMILES string of the molecule is CCN1C(=O)C(=C2SC(=S)N(C3CCS(=O)(=O)C3)C2=O)c2ccccc21. The predicted molar refractivity (Wildman–Crippen MR) is 105 cm³/mol. The number of carbonyl (C=O) groups is 2. The van der Waals surface area contributed by atoms with Crippen molar-refractivity contribution in [1.82, 2.24) is 4.90 Å². The molecule has 1 aromatic rings. The minimum Gasteiger partial charge on any atom is -0.308 e. The Bertz CT molecular complexity index is 983. The Morgan fingerprint density at radius 1 is 1.23 bits per heavy atom. The standard InChI is InChI=1S/C17H16N2O4S3/c1-2-18-12-6-4-3-5-11(12)13(15(18)20)14-16(21)19(17(24)25-14)10-7-8-26(22,23)9-10/h3-6,10H,2,7-9H2,1H3. The molecule has 0 N–H and O–H groups in total. The smallest absolute Gasteiger partial charge is 0.267 e. The van der Waals surface area contributed by atoms with Crippen LogP contribution in [0.2, 0.25) is 0 Å². The Balaban J connectivity index is 1.78. The van der Waals surface area contributed by atoms with Crippen LogP contribution in [0.4, 0.5) is 5.69 Å². The number of benzene rings is 1. The van der Waals surface area contributed by atoms with Crippen LogP contribution in [0.15, 0.2) is 29.2 Å². The van der Waals surface area contributed by atoms with Gasteiger partial charge in [-0.05, 0) is 19.4 Å². The van der Waals surface area contributed by atoms with Crippen LogP contribution in [0, 0.1) is 0 Å². The molecule has 136 valence electrons. The molecule has 3 aliphatic rings. The fourth-order valence-corrected chi connectivity index (χ4v) is 6.81. The van der Waals surface area contributed by atoms with Crippen LogP contribution in [-0.2, 0) is 19.4 Å². The molecule has 2 saturated heterocycles. The fourth-order valence-electron chi connectivity index (χ4n) is 3.64. The van der Waals surface area contributed by atoms with Gasteiger partial charge in [0.05, 0.1) is 33.7 Å². The van der Waals surface area contributed by atoms with Gasteiger partial charge in [0, 0.05) is 12.1 Å². The third-order valence-corrected chi connectivity index (χ3v) is 7.99. The van der Waals surface area contributed by atoms with E-state index in [1.807, 2.05) is 31.2 Å². The van der Waals surface area contributed by atoms with Gasteiger partial charge in [0.15, 0.2) is 9.84 Å². The summed E-state index contributed by atoms with van der Waals surface area (Å²) in [6, 6.07) is 6.92. The number of hydrogen-bond acceptors (Lipinski definition) is 6. The quantitative estimate of drug-likeness (QED) is 0.549. The van der Waals surface area contributed by atoms with E-state index in [1.165, 1.54) is 4.90 Å². The maximum Gasteiger partial charge on any atom is 0.267 e. The Labute approximate surface area is 161 Å². The molecule has 9 heteroatoms. The highest BCUT2D eigenvalue weighted by Gasteiger charge is 2.46. The van der Waals surface area contributed by atoms with Crippen molar-refractivity contribution < 1.29 is 18.0 Å². The van der Waals surface area contributed by atoms with Crippen molar-refractivity contribution >= 4 is 61.2 Å². The van der Waals surface area contributed by atoms with Crippen molar-refractivity contribution in [2.45, 2.75) is 19.4 Å². The zero-order valence-electron chi connectivity index (χ0n) is 14.0. The van der Waals surface area contributed by atoms with E-state index in [-0.39, 0.29) is 23.3 Å². The summed E-state index contributed by atoms with van der Waals surface area (Å²) in [5.74, 6) is -0.592. The van der Waals surface area contributed by atoms with Crippen molar-refractivity contribution in [3.05, 3.63) is 34.7 Å². The minimum atomic E-state index is -3.14. The van der Waals surface area contributed by atoms with Crippen LogP contribution in [0.25, 0.3) is 5.57 Å². The first-order valence-corrected chi connectivity index (χ1v) is 11.3. The normalized spacial score (nSPS) is 27.6. The summed E-state index contributed by atoms with van der Waals surface area (Å²) < 4.78 is 23.9. The van der Waals surface area contributed by atoms with E-state index in [0.717, 1.165) is 23.0 Å². The zero-order valence-corrected chi connectivity index (χ0v) is 16.4. The number of fused-ring (bicyclic) bond motifs is 1. The molecule has 3 heterocycles. The summed E-state index contributed by atoms with van der Waals surface area (Å²) in [5, 5.41) is 0. The molecule has 3 aliphatic heterocycles. The van der Waals surface area contributed by atoms with E-state index >= 15 is 0 Å². The molecule has 2 amide bonds. The largest absolute Gasteiger partial charge is 0.308 e. The first-order chi connectivity index (χ1) is 12.3. The number of rotatable bonds is 2. The first kappa shape index (κ1) is 17.7. The molecule has 0 radical (unpaired) electrons. The number of thiocarbonyl (C=S) groups is 1. The molecule has 2 fully saturated rings. The summed E-state index contributed by atoms with van der Waals surface area (Å²) in [4.78, 5) is 29.3. The van der Waals surface area contributed by atoms with Crippen LogP contribution in [0.3, 0.4) is 0 Å². The predicted octanol–water partition coefficient (Wildman–Crippen LogP) is 1.81. The van der Waals surface area contributed by atoms with E-state index in [9.17, 15) is 18.0 Å². The Morgan fingerprint density at radius 2 is 1.96 bits per heavy atom. The first-order valence-electron chi connectivity index (χ1n) is 8.25. The molecular weight excluding hydrogens is 392 g/mol. The van der Waals surface area contributed by atoms with Crippen molar-refractivity contribution in [1.29, 1.82) is 0 Å². The summed E-state index contributed by atoms with van der Waals surface area (Å²) in [7, 11) is -3.14. The van der Waals surface area contributed by atoms with Gasteiger partial charge in [0.1, 0.15) is 4.32 Å². The van der Waals surface area contributed by atoms with Gasteiger partial charge >= 0.3 is 0 Å². The second kappa shape index (κ2) is 6.17. The van der Waals surface area contributed by atoms with Gasteiger partial charge in [-0.3, -0.25) is 14.5 Å². The summed E-state index contributed by atoms with van der Waals surface area (Å²) in [6.07, 6.45) is 0.378. The van der Waals surface area contributed by atoms with Gasteiger partial charge in [-0.1, -0.05) is 42.2 Å². The highest BCUT2D eigenvalue weighted by molar-refractivity contribution is 8.26. The maximum atomic E-state index is 13.0. The number of nitrogens with zero attached hydrogens (tertiary/aromatic N) is 2. The van der Waals surface area contributed by atoms with Crippen LogP contribution in [0.1, 0.15) is 18.9 Å². The van der Waals surface area contributed by atoms with Crippen LogP contribution in [-0.4, -0.2) is 53.5 Å². The fraction of sp³-hybridized carbons (Fsp3) is 0.353. The number of carbonyl (C=O) groups excluding carboxylic acids is 2. The number of hydrogen-bond donors (Lipinski definition) is 0. The van der Waals surface area contributed by atoms with Gasteiger partial charge < -0.3 is 4.90 Å². The summed E-state index contributed by atoms with van der Waals surface area (Å²) in [6.45, 7) is 2.38. The van der Waals surface area contributed by atoms with Gasteiger partial charge in [-0.2, -0.15) is 0 Å². The minimum absolute atomic E-state index is 0.0615. The molecule has 0 aliphatic carbocycles. The zero-order chi connectivity index (χ0) is 18.6. The van der Waals surface area contributed by atoms with Crippen LogP contribution in [0.5, 0.6) is 0 Å². The van der Waals surface area contributed by atoms with E-state index in [4.69, 9.17) is 12.2 Å². The van der Waals surface area contributed by atoms with Crippen LogP contribution >= 0.6 is 24.0 Å². The number of sulfone groups is 1. The molecule has 0 spiro atoms. The number of anilines is 1. The van der Waals surface area contributed by atoms with Crippen molar-refractivity contribution in [3.8, 4) is 0 Å². The van der Waals surface area contributed by atoms with Crippen LogP contribution < -0.4 is 4.90 Å². The molecular formula is C17H16N2O4S3. The lowest BCUT2D eigenvalue weighted by Crippen LogP contribution is -2.39. The van der Waals surface area contributed by atoms with Crippen molar-refractivity contribution in [2.75, 3.05) is 23.0 Å². The summed E-state index contributed by atoms with van der Waals surface area (Å²) in [5.41, 5.74) is 1.87. The van der Waals surface area contributed by atoms with E-state index in [1.54, 1.807) is 4.90 Å². The van der Waals surface area contributed by atoms with Gasteiger partial charge in [0.2, 0.25) is 0 Å². The van der Waals surface area contributed by atoms with Gasteiger partial charge in [0.25, 0.3) is 11.8 Å². The van der Waals surface area contributed by atoms with E-state index < -0.39 is 15.9 Å². The Kier molecular flexibility index (Phi) is 4.20. The Hall–Kier alpha value is -1.71. The number of thioether (sulfide) groups is 1. The molecule has 1 aromatic carbocycles. The third kappa shape index (κ3) is 2.60. The molecule has 26 heavy (non-hydrogen) atoms. The number of likely N-dealkylation sites (N-methyl/N-ethyl adjacent to an activating group) is 1. The Morgan fingerprint density at radius 3 is 2.62 bits per heavy atom. The molecule has 0 bridgehead atoms. The lowest BCUT2D eigenvalue weighted by molar-refractivity contribution is -0.123. The molecule has 1 atom stereocenters. The second-order valence-corrected chi connectivity index (χ2v) is 10.2. The van der Waals surface area contributed by atoms with Crippen molar-refractivity contribution in [2.24, 2.45) is 0 Å². The highest BCUT2D eigenvalue weighted by atomic mass is 32.2. The lowest BCUT2D eigenvalue weighted by atomic mass is 10.1. The molecule has 0 aromatic heterocycles. The average molecular weight is 409 g/mol. The van der Waals surface area contributed by atoms with E-state index in [2.05, 4.69) is 0 Å². The molecule has 1 unspecified atom stereocenters. The number of para-hydroxylation sites is 1. The molecule has 6 nitrogen and oxygen atoms in total. The van der Waals surface area contributed by atoms with Crippen molar-refractivity contribution in [3.63, 3.8) is 0 Å². The highest BCUT2D eigenvalue weighted by Crippen LogP contribution is 2.45. The third-order valence-electron chi connectivity index (χ3n) is 4.84. The number of amides is 2. The second-order valence-electron chi connectivity index (χ2n) is 6.37. The lowest BCUT2D eigenvalue weighted by Gasteiger charge is -2.21. The molecule has 4 rings (SSSR count).